The summed E-state index contributed by atoms with van der Waals surface area (Å²) in [6.07, 6.45) is 6.04. The van der Waals surface area contributed by atoms with Gasteiger partial charge in [0.1, 0.15) is 12.3 Å². The van der Waals surface area contributed by atoms with E-state index in [4.69, 9.17) is 4.74 Å². The molecule has 4 heteroatoms. The maximum Gasteiger partial charge on any atom is 0.251 e. The number of benzene rings is 2. The van der Waals surface area contributed by atoms with Gasteiger partial charge in [-0.25, -0.2) is 0 Å². The van der Waals surface area contributed by atoms with Crippen LogP contribution in [0.2, 0.25) is 0 Å². The fourth-order valence-electron chi connectivity index (χ4n) is 5.01. The second-order valence-electron chi connectivity index (χ2n) is 8.16. The highest BCUT2D eigenvalue weighted by atomic mass is 16.5. The molecule has 0 aliphatic carbocycles. The number of hydrogen-bond acceptors (Lipinski definition) is 2. The lowest BCUT2D eigenvalue weighted by Crippen LogP contribution is -3.20. The number of carbonyl (C=O) groups excluding carboxylic acids is 1. The van der Waals surface area contributed by atoms with Gasteiger partial charge in [-0.05, 0) is 50.5 Å². The van der Waals surface area contributed by atoms with Crippen molar-refractivity contribution in [3.8, 4) is 5.75 Å². The highest BCUT2D eigenvalue weighted by Gasteiger charge is 2.42. The first-order chi connectivity index (χ1) is 13.7. The zero-order valence-electron chi connectivity index (χ0n) is 16.7. The summed E-state index contributed by atoms with van der Waals surface area (Å²) >= 11 is 0. The SMILES string of the molecule is CCOc1ccc(C(=O)NC2C[C@H]3CCC[C@@H](C2)[NH+]3Cc2ccccc2)cc1. The normalized spacial score (nSPS) is 26.5. The minimum atomic E-state index is 0.0395. The molecule has 4 rings (SSSR count). The molecule has 2 aliphatic rings. The average Bonchev–Trinajstić information content (AvgIpc) is 2.70. The Bertz CT molecular complexity index is 761. The molecule has 4 atom stereocenters. The molecule has 2 aromatic rings. The van der Waals surface area contributed by atoms with Crippen LogP contribution in [0.5, 0.6) is 5.75 Å². The monoisotopic (exact) mass is 379 g/mol. The number of nitrogens with one attached hydrogen (secondary N) is 2. The summed E-state index contributed by atoms with van der Waals surface area (Å²) in [4.78, 5) is 14.4. The Morgan fingerprint density at radius 2 is 1.71 bits per heavy atom. The number of fused-ring (bicyclic) bond motifs is 2. The fourth-order valence-corrected chi connectivity index (χ4v) is 5.01. The van der Waals surface area contributed by atoms with E-state index in [2.05, 4.69) is 35.6 Å². The number of rotatable bonds is 6. The third-order valence-corrected chi connectivity index (χ3v) is 6.31. The molecule has 4 nitrogen and oxygen atoms in total. The van der Waals surface area contributed by atoms with E-state index in [1.807, 2.05) is 31.2 Å². The van der Waals surface area contributed by atoms with Gasteiger partial charge in [-0.1, -0.05) is 30.3 Å². The van der Waals surface area contributed by atoms with Crippen LogP contribution in [0.25, 0.3) is 0 Å². The van der Waals surface area contributed by atoms with Gasteiger partial charge < -0.3 is 15.0 Å². The van der Waals surface area contributed by atoms with Crippen LogP contribution in [0.3, 0.4) is 0 Å². The second kappa shape index (κ2) is 8.78. The summed E-state index contributed by atoms with van der Waals surface area (Å²) in [6, 6.07) is 19.9. The summed E-state index contributed by atoms with van der Waals surface area (Å²) < 4.78 is 5.47. The predicted molar refractivity (Wildman–Crippen MR) is 111 cm³/mol. The number of piperidine rings is 2. The molecule has 0 saturated carbocycles. The minimum absolute atomic E-state index is 0.0395. The molecule has 2 N–H and O–H groups in total. The standard InChI is InChI=1S/C24H30N2O2/c1-2-28-23-13-11-19(12-14-23)24(27)25-20-15-21-9-6-10-22(16-20)26(21)17-18-7-4-3-5-8-18/h3-5,7-8,11-14,20-22H,2,6,9-10,15-17H2,1H3,(H,25,27)/p+1/t20?,21-,22+. The van der Waals surface area contributed by atoms with Crippen LogP contribution in [-0.4, -0.2) is 30.6 Å². The molecule has 148 valence electrons. The van der Waals surface area contributed by atoms with Crippen molar-refractivity contribution < 1.29 is 14.4 Å². The van der Waals surface area contributed by atoms with E-state index in [1.165, 1.54) is 24.8 Å². The summed E-state index contributed by atoms with van der Waals surface area (Å²) in [5.74, 6) is 0.851. The van der Waals surface area contributed by atoms with E-state index in [-0.39, 0.29) is 11.9 Å². The third kappa shape index (κ3) is 4.39. The number of carbonyl (C=O) groups is 1. The Morgan fingerprint density at radius 1 is 1.04 bits per heavy atom. The highest BCUT2D eigenvalue weighted by Crippen LogP contribution is 2.23. The number of amides is 1. The summed E-state index contributed by atoms with van der Waals surface area (Å²) in [5, 5.41) is 3.31. The molecule has 2 fully saturated rings. The van der Waals surface area contributed by atoms with Gasteiger partial charge in [-0.3, -0.25) is 4.79 Å². The van der Waals surface area contributed by atoms with E-state index in [0.717, 1.165) is 25.1 Å². The van der Waals surface area contributed by atoms with Crippen molar-refractivity contribution in [1.29, 1.82) is 0 Å². The topological polar surface area (TPSA) is 42.8 Å². The molecular formula is C24H31N2O2+. The Labute approximate surface area is 167 Å². The van der Waals surface area contributed by atoms with Crippen molar-refractivity contribution in [3.05, 3.63) is 65.7 Å². The van der Waals surface area contributed by atoms with Gasteiger partial charge >= 0.3 is 0 Å². The molecule has 2 aromatic carbocycles. The van der Waals surface area contributed by atoms with Crippen LogP contribution >= 0.6 is 0 Å². The van der Waals surface area contributed by atoms with E-state index >= 15 is 0 Å². The zero-order valence-corrected chi connectivity index (χ0v) is 16.7. The summed E-state index contributed by atoms with van der Waals surface area (Å²) in [6.45, 7) is 3.71. The lowest BCUT2D eigenvalue weighted by atomic mass is 9.81. The smallest absolute Gasteiger partial charge is 0.251 e. The second-order valence-corrected chi connectivity index (χ2v) is 8.16. The van der Waals surface area contributed by atoms with Gasteiger partial charge in [0, 0.05) is 30.0 Å². The van der Waals surface area contributed by atoms with Crippen molar-refractivity contribution in [2.75, 3.05) is 6.61 Å². The minimum Gasteiger partial charge on any atom is -0.494 e. The van der Waals surface area contributed by atoms with Crippen molar-refractivity contribution >= 4 is 5.91 Å². The van der Waals surface area contributed by atoms with Crippen LogP contribution < -0.4 is 15.0 Å². The first-order valence-corrected chi connectivity index (χ1v) is 10.7. The molecular weight excluding hydrogens is 348 g/mol. The van der Waals surface area contributed by atoms with Gasteiger partial charge in [0.15, 0.2) is 0 Å². The van der Waals surface area contributed by atoms with Crippen molar-refractivity contribution in [2.45, 2.75) is 63.7 Å². The Balaban J connectivity index is 1.37. The maximum atomic E-state index is 12.7. The van der Waals surface area contributed by atoms with Gasteiger partial charge in [0.05, 0.1) is 18.7 Å². The van der Waals surface area contributed by atoms with Gasteiger partial charge in [0.25, 0.3) is 5.91 Å². The van der Waals surface area contributed by atoms with Gasteiger partial charge in [-0.15, -0.1) is 0 Å². The largest absolute Gasteiger partial charge is 0.494 e. The lowest BCUT2D eigenvalue weighted by molar-refractivity contribution is -0.973. The first kappa shape index (κ1) is 19.0. The molecule has 2 unspecified atom stereocenters. The molecule has 2 heterocycles. The summed E-state index contributed by atoms with van der Waals surface area (Å²) in [5.41, 5.74) is 2.14. The van der Waals surface area contributed by atoms with Crippen molar-refractivity contribution in [3.63, 3.8) is 0 Å². The van der Waals surface area contributed by atoms with Crippen molar-refractivity contribution in [2.24, 2.45) is 0 Å². The molecule has 28 heavy (non-hydrogen) atoms. The van der Waals surface area contributed by atoms with E-state index in [0.29, 0.717) is 24.3 Å². The Hall–Kier alpha value is -2.33. The van der Waals surface area contributed by atoms with Crippen LogP contribution in [0.15, 0.2) is 54.6 Å². The summed E-state index contributed by atoms with van der Waals surface area (Å²) in [7, 11) is 0. The van der Waals surface area contributed by atoms with E-state index in [1.54, 1.807) is 4.90 Å². The predicted octanol–water partition coefficient (Wildman–Crippen LogP) is 2.98. The molecule has 0 aromatic heterocycles. The number of hydrogen-bond donors (Lipinski definition) is 2. The van der Waals surface area contributed by atoms with Crippen molar-refractivity contribution in [1.82, 2.24) is 5.32 Å². The molecule has 0 spiro atoms. The molecule has 1 amide bonds. The quantitative estimate of drug-likeness (QED) is 0.810. The van der Waals surface area contributed by atoms with E-state index in [9.17, 15) is 4.79 Å². The van der Waals surface area contributed by atoms with E-state index < -0.39 is 0 Å². The lowest BCUT2D eigenvalue weighted by Gasteiger charge is -2.46. The van der Waals surface area contributed by atoms with Crippen LogP contribution in [-0.2, 0) is 6.54 Å². The maximum absolute atomic E-state index is 12.7. The van der Waals surface area contributed by atoms with Crippen LogP contribution in [0, 0.1) is 0 Å². The molecule has 2 aliphatic heterocycles. The molecule has 2 saturated heterocycles. The fraction of sp³-hybridized carbons (Fsp3) is 0.458. The van der Waals surface area contributed by atoms with Gasteiger partial charge in [-0.2, -0.15) is 0 Å². The van der Waals surface area contributed by atoms with Gasteiger partial charge in [0.2, 0.25) is 0 Å². The third-order valence-electron chi connectivity index (χ3n) is 6.31. The zero-order chi connectivity index (χ0) is 19.3. The number of quaternary nitrogens is 1. The Kier molecular flexibility index (Phi) is 5.96. The molecule has 0 radical (unpaired) electrons. The van der Waals surface area contributed by atoms with Crippen LogP contribution in [0.1, 0.15) is 54.9 Å². The van der Waals surface area contributed by atoms with Crippen LogP contribution in [0.4, 0.5) is 0 Å². The highest BCUT2D eigenvalue weighted by molar-refractivity contribution is 5.94. The average molecular weight is 380 g/mol. The molecule has 2 bridgehead atoms. The number of ether oxygens (including phenoxy) is 1. The first-order valence-electron chi connectivity index (χ1n) is 10.7. The Morgan fingerprint density at radius 3 is 2.36 bits per heavy atom.